The smallest absolute Gasteiger partial charge is 0.294 e. The molecule has 2 aromatic rings. The fourth-order valence-corrected chi connectivity index (χ4v) is 3.26. The van der Waals surface area contributed by atoms with E-state index >= 15 is 0 Å². The van der Waals surface area contributed by atoms with E-state index in [4.69, 9.17) is 12.6 Å². The van der Waals surface area contributed by atoms with Crippen LogP contribution in [0.3, 0.4) is 0 Å². The van der Waals surface area contributed by atoms with E-state index in [0.717, 1.165) is 0 Å². The van der Waals surface area contributed by atoms with Gasteiger partial charge in [0.25, 0.3) is 5.91 Å². The molecule has 0 aliphatic carbocycles. The van der Waals surface area contributed by atoms with E-state index in [1.165, 1.54) is 12.0 Å². The van der Waals surface area contributed by atoms with Gasteiger partial charge in [-0.2, -0.15) is 0 Å². The number of aliphatic hydroxyl groups excluding tert-OH is 1. The first-order chi connectivity index (χ1) is 12.9. The molecule has 0 aromatic heterocycles. The van der Waals surface area contributed by atoms with Crippen molar-refractivity contribution in [3.8, 4) is 5.75 Å². The third-order valence-corrected chi connectivity index (χ3v) is 4.60. The maximum atomic E-state index is 12.9. The van der Waals surface area contributed by atoms with Crippen LogP contribution >= 0.6 is 0 Å². The first-order valence-corrected chi connectivity index (χ1v) is 8.66. The summed E-state index contributed by atoms with van der Waals surface area (Å²) in [5.74, 6) is -1.28. The van der Waals surface area contributed by atoms with Crippen LogP contribution in [0.25, 0.3) is 0 Å². The van der Waals surface area contributed by atoms with Crippen molar-refractivity contribution >= 4 is 30.7 Å². The molecular formula is C21H20BNO4. The summed E-state index contributed by atoms with van der Waals surface area (Å²) in [6, 6.07) is 13.1. The molecule has 1 aliphatic rings. The average molecular weight is 361 g/mol. The highest BCUT2D eigenvalue weighted by atomic mass is 16.5. The quantitative estimate of drug-likeness (QED) is 0.832. The Morgan fingerprint density at radius 1 is 1.15 bits per heavy atom. The predicted molar refractivity (Wildman–Crippen MR) is 105 cm³/mol. The van der Waals surface area contributed by atoms with Crippen molar-refractivity contribution in [2.45, 2.75) is 19.9 Å². The first kappa shape index (κ1) is 18.8. The molecule has 3 rings (SSSR count). The van der Waals surface area contributed by atoms with Crippen LogP contribution in [0.4, 0.5) is 5.69 Å². The van der Waals surface area contributed by atoms with Crippen molar-refractivity contribution in [1.82, 2.24) is 0 Å². The minimum Gasteiger partial charge on any atom is -0.503 e. The largest absolute Gasteiger partial charge is 0.503 e. The summed E-state index contributed by atoms with van der Waals surface area (Å²) in [5, 5.41) is 10.6. The van der Waals surface area contributed by atoms with Gasteiger partial charge in [0, 0.05) is 17.2 Å². The molecule has 0 bridgehead atoms. The number of hydrogen-bond donors (Lipinski definition) is 1. The van der Waals surface area contributed by atoms with Crippen LogP contribution in [0, 0.1) is 5.92 Å². The minimum atomic E-state index is -0.785. The summed E-state index contributed by atoms with van der Waals surface area (Å²) in [7, 11) is 7.28. The van der Waals surface area contributed by atoms with E-state index in [1.54, 1.807) is 62.4 Å². The Morgan fingerprint density at radius 2 is 1.78 bits per heavy atom. The third-order valence-electron chi connectivity index (χ3n) is 4.60. The van der Waals surface area contributed by atoms with Gasteiger partial charge < -0.3 is 9.84 Å². The number of para-hydroxylation sites is 1. The van der Waals surface area contributed by atoms with Gasteiger partial charge in [-0.1, -0.05) is 49.6 Å². The summed E-state index contributed by atoms with van der Waals surface area (Å²) < 4.78 is 5.45. The Bertz CT molecular complexity index is 918. The minimum absolute atomic E-state index is 0.0799. The number of aliphatic hydroxyl groups is 1. The van der Waals surface area contributed by atoms with Gasteiger partial charge >= 0.3 is 0 Å². The third kappa shape index (κ3) is 3.23. The average Bonchev–Trinajstić information content (AvgIpc) is 2.92. The second kappa shape index (κ2) is 7.31. The van der Waals surface area contributed by atoms with Crippen molar-refractivity contribution in [1.29, 1.82) is 0 Å². The van der Waals surface area contributed by atoms with Gasteiger partial charge in [-0.3, -0.25) is 14.5 Å². The topological polar surface area (TPSA) is 66.8 Å². The molecule has 6 heteroatoms. The van der Waals surface area contributed by atoms with Crippen molar-refractivity contribution in [2.24, 2.45) is 5.92 Å². The highest BCUT2D eigenvalue weighted by molar-refractivity contribution is 6.32. The number of hydrogen-bond acceptors (Lipinski definition) is 4. The van der Waals surface area contributed by atoms with Crippen molar-refractivity contribution < 1.29 is 19.4 Å². The van der Waals surface area contributed by atoms with E-state index in [-0.39, 0.29) is 17.3 Å². The van der Waals surface area contributed by atoms with Crippen LogP contribution in [-0.4, -0.2) is 31.8 Å². The summed E-state index contributed by atoms with van der Waals surface area (Å²) >= 11 is 0. The van der Waals surface area contributed by atoms with Crippen LogP contribution in [0.1, 0.15) is 25.5 Å². The lowest BCUT2D eigenvalue weighted by Crippen LogP contribution is -2.32. The summed E-state index contributed by atoms with van der Waals surface area (Å²) in [5.41, 5.74) is 1.78. The molecule has 1 N–H and O–H groups in total. The lowest BCUT2D eigenvalue weighted by atomic mass is 9.90. The van der Waals surface area contributed by atoms with Gasteiger partial charge in [0.05, 0.1) is 18.7 Å². The van der Waals surface area contributed by atoms with Crippen LogP contribution in [0.5, 0.6) is 5.75 Å². The molecule has 0 saturated heterocycles. The Balaban J connectivity index is 2.23. The molecular weight excluding hydrogens is 341 g/mol. The molecule has 1 heterocycles. The van der Waals surface area contributed by atoms with Crippen LogP contribution in [0.2, 0.25) is 0 Å². The van der Waals surface area contributed by atoms with Gasteiger partial charge in [-0.15, -0.1) is 0 Å². The second-order valence-corrected chi connectivity index (χ2v) is 6.69. The first-order valence-electron chi connectivity index (χ1n) is 8.66. The number of anilines is 1. The van der Waals surface area contributed by atoms with E-state index in [9.17, 15) is 14.7 Å². The zero-order valence-corrected chi connectivity index (χ0v) is 15.5. The Hall–Kier alpha value is -3.02. The number of ether oxygens (including phenoxy) is 1. The molecule has 1 atom stereocenters. The standard InChI is InChI=1S/C21H20BNO4/c1-12(2)19(24)17-18(15-6-4-5-7-16(15)27-3)23(21(26)20(17)25)14-10-8-13(22)9-11-14/h4-12,18,25H,1-3H3/t18-/m1/s1. The van der Waals surface area contributed by atoms with Crippen molar-refractivity contribution in [3.63, 3.8) is 0 Å². The number of carbonyl (C=O) groups is 2. The molecule has 136 valence electrons. The molecule has 0 fully saturated rings. The number of amides is 1. The SMILES string of the molecule is [B]c1ccc(N2C(=O)C(O)=C(C(=O)C(C)C)[C@H]2c2ccccc2OC)cc1. The Morgan fingerprint density at radius 3 is 2.37 bits per heavy atom. The number of carbonyl (C=O) groups excluding carboxylic acids is 2. The van der Waals surface area contributed by atoms with Crippen LogP contribution in [0.15, 0.2) is 59.9 Å². The lowest BCUT2D eigenvalue weighted by molar-refractivity contribution is -0.119. The van der Waals surface area contributed by atoms with Gasteiger partial charge in [-0.05, 0) is 18.2 Å². The van der Waals surface area contributed by atoms with E-state index in [0.29, 0.717) is 22.5 Å². The molecule has 0 unspecified atom stereocenters. The summed E-state index contributed by atoms with van der Waals surface area (Å²) in [6.45, 7) is 3.47. The van der Waals surface area contributed by atoms with Gasteiger partial charge in [0.15, 0.2) is 11.5 Å². The van der Waals surface area contributed by atoms with E-state index in [2.05, 4.69) is 0 Å². The molecule has 2 aromatic carbocycles. The fraction of sp³-hybridized carbons (Fsp3) is 0.238. The number of nitrogens with zero attached hydrogens (tertiary/aromatic N) is 1. The highest BCUT2D eigenvalue weighted by Gasteiger charge is 2.45. The Kier molecular flexibility index (Phi) is 5.08. The molecule has 5 nitrogen and oxygen atoms in total. The molecule has 0 spiro atoms. The normalized spacial score (nSPS) is 17.0. The molecule has 27 heavy (non-hydrogen) atoms. The van der Waals surface area contributed by atoms with Crippen molar-refractivity contribution in [2.75, 3.05) is 12.0 Å². The van der Waals surface area contributed by atoms with E-state index in [1.807, 2.05) is 0 Å². The molecule has 0 saturated carbocycles. The van der Waals surface area contributed by atoms with E-state index < -0.39 is 17.7 Å². The number of Topliss-reactive ketones (excluding diaryl/α,β-unsaturated/α-hetero) is 1. The highest BCUT2D eigenvalue weighted by Crippen LogP contribution is 2.44. The summed E-state index contributed by atoms with van der Waals surface area (Å²) in [4.78, 5) is 27.2. The molecule has 1 amide bonds. The van der Waals surface area contributed by atoms with Crippen molar-refractivity contribution in [3.05, 3.63) is 65.4 Å². The zero-order chi connectivity index (χ0) is 19.7. The fourth-order valence-electron chi connectivity index (χ4n) is 3.26. The van der Waals surface area contributed by atoms with Crippen LogP contribution < -0.4 is 15.1 Å². The maximum absolute atomic E-state index is 12.9. The number of ketones is 1. The zero-order valence-electron chi connectivity index (χ0n) is 15.5. The predicted octanol–water partition coefficient (Wildman–Crippen LogP) is 2.61. The van der Waals surface area contributed by atoms with Gasteiger partial charge in [-0.25, -0.2) is 0 Å². The monoisotopic (exact) mass is 361 g/mol. The second-order valence-electron chi connectivity index (χ2n) is 6.69. The van der Waals surface area contributed by atoms with Crippen LogP contribution in [-0.2, 0) is 9.59 Å². The Labute approximate surface area is 159 Å². The maximum Gasteiger partial charge on any atom is 0.294 e. The number of rotatable bonds is 5. The number of methoxy groups -OCH3 is 1. The molecule has 2 radical (unpaired) electrons. The molecule has 1 aliphatic heterocycles. The number of benzene rings is 2. The van der Waals surface area contributed by atoms with Gasteiger partial charge in [0.1, 0.15) is 13.6 Å². The summed E-state index contributed by atoms with van der Waals surface area (Å²) in [6.07, 6.45) is 0. The van der Waals surface area contributed by atoms with Gasteiger partial charge in [0.2, 0.25) is 0 Å². The lowest BCUT2D eigenvalue weighted by Gasteiger charge is -2.28.